The molecular formula is C29H29F5N6O2S. The van der Waals surface area contributed by atoms with Crippen molar-refractivity contribution in [3.63, 3.8) is 0 Å². The second kappa shape index (κ2) is 14.8. The number of rotatable bonds is 8. The highest BCUT2D eigenvalue weighted by Gasteiger charge is 2.23. The van der Waals surface area contributed by atoms with Gasteiger partial charge in [-0.1, -0.05) is 12.1 Å². The topological polar surface area (TPSA) is 101 Å². The number of hydrogen-bond acceptors (Lipinski definition) is 7. The van der Waals surface area contributed by atoms with Crippen LogP contribution in [0.2, 0.25) is 0 Å². The van der Waals surface area contributed by atoms with Gasteiger partial charge < -0.3 is 15.4 Å². The summed E-state index contributed by atoms with van der Waals surface area (Å²) in [6, 6.07) is 9.58. The molecular weight excluding hydrogens is 591 g/mol. The van der Waals surface area contributed by atoms with Gasteiger partial charge >= 0.3 is 0 Å². The number of ether oxygens (including phenoxy) is 1. The maximum absolute atomic E-state index is 14.8. The molecule has 1 aliphatic heterocycles. The fraction of sp³-hybridized carbons (Fsp3) is 0.276. The highest BCUT2D eigenvalue weighted by atomic mass is 32.2. The van der Waals surface area contributed by atoms with E-state index < -0.39 is 57.6 Å². The normalized spacial score (nSPS) is 15.2. The van der Waals surface area contributed by atoms with E-state index >= 15 is 0 Å². The van der Waals surface area contributed by atoms with Gasteiger partial charge in [-0.15, -0.1) is 0 Å². The highest BCUT2D eigenvalue weighted by molar-refractivity contribution is 7.85. The van der Waals surface area contributed by atoms with Gasteiger partial charge in [0, 0.05) is 37.6 Å². The average molecular weight is 621 g/mol. The van der Waals surface area contributed by atoms with E-state index in [0.29, 0.717) is 35.4 Å². The van der Waals surface area contributed by atoms with E-state index in [4.69, 9.17) is 4.74 Å². The van der Waals surface area contributed by atoms with Crippen molar-refractivity contribution in [3.8, 4) is 22.9 Å². The van der Waals surface area contributed by atoms with E-state index in [-0.39, 0.29) is 11.4 Å². The van der Waals surface area contributed by atoms with Crippen LogP contribution in [-0.4, -0.2) is 45.5 Å². The minimum atomic E-state index is -2.15. The van der Waals surface area contributed by atoms with Crippen molar-refractivity contribution in [3.05, 3.63) is 89.3 Å². The highest BCUT2D eigenvalue weighted by Crippen LogP contribution is 2.35. The molecule has 2 aromatic heterocycles. The Hall–Kier alpha value is -4.17. The third-order valence-electron chi connectivity index (χ3n) is 6.21. The molecule has 2 atom stereocenters. The molecule has 1 saturated heterocycles. The number of pyridine rings is 1. The first-order chi connectivity index (χ1) is 20.7. The molecule has 0 radical (unpaired) electrons. The number of nitrogens with one attached hydrogen (secondary N) is 3. The zero-order valence-corrected chi connectivity index (χ0v) is 24.1. The summed E-state index contributed by atoms with van der Waals surface area (Å²) in [4.78, 5) is 12.3. The summed E-state index contributed by atoms with van der Waals surface area (Å²) in [5.41, 5.74) is 0.446. The Kier molecular flexibility index (Phi) is 11.0. The molecule has 2 aromatic carbocycles. The Morgan fingerprint density at radius 3 is 2.53 bits per heavy atom. The Morgan fingerprint density at radius 2 is 1.86 bits per heavy atom. The van der Waals surface area contributed by atoms with Crippen LogP contribution in [0.4, 0.5) is 33.6 Å². The molecule has 14 heteroatoms. The number of aromatic nitrogens is 3. The van der Waals surface area contributed by atoms with Crippen LogP contribution in [0.15, 0.2) is 54.9 Å². The first kappa shape index (κ1) is 31.8. The molecule has 3 heterocycles. The molecule has 0 saturated carbocycles. The summed E-state index contributed by atoms with van der Waals surface area (Å²) >= 11 is 0. The summed E-state index contributed by atoms with van der Waals surface area (Å²) in [5.74, 6) is -6.09. The van der Waals surface area contributed by atoms with Crippen LogP contribution >= 0.6 is 0 Å². The number of piperidine rings is 1. The zero-order chi connectivity index (χ0) is 30.9. The summed E-state index contributed by atoms with van der Waals surface area (Å²) in [6.07, 6.45) is 4.02. The maximum Gasteiger partial charge on any atom is 0.228 e. The first-order valence-electron chi connectivity index (χ1n) is 13.2. The van der Waals surface area contributed by atoms with Crippen molar-refractivity contribution in [1.29, 1.82) is 0 Å². The number of benzene rings is 2. The number of aryl methyl sites for hydroxylation is 1. The predicted molar refractivity (Wildman–Crippen MR) is 155 cm³/mol. The molecule has 8 nitrogen and oxygen atoms in total. The molecule has 5 rings (SSSR count). The van der Waals surface area contributed by atoms with Gasteiger partial charge in [0.25, 0.3) is 0 Å². The van der Waals surface area contributed by atoms with Gasteiger partial charge in [0.15, 0.2) is 17.4 Å². The average Bonchev–Trinajstić information content (AvgIpc) is 3.00. The lowest BCUT2D eigenvalue weighted by molar-refractivity contribution is 0.266. The van der Waals surface area contributed by atoms with Crippen molar-refractivity contribution < 1.29 is 30.9 Å². The number of hydrogen-bond donors (Lipinski definition) is 3. The lowest BCUT2D eigenvalue weighted by atomic mass is 10.1. The molecule has 0 spiro atoms. The van der Waals surface area contributed by atoms with E-state index in [1.54, 1.807) is 38.2 Å². The quantitative estimate of drug-likeness (QED) is 0.159. The van der Waals surface area contributed by atoms with E-state index in [0.717, 1.165) is 19.4 Å². The number of anilines is 2. The van der Waals surface area contributed by atoms with Crippen LogP contribution in [-0.2, 0) is 16.7 Å². The Bertz CT molecular complexity index is 1590. The third kappa shape index (κ3) is 8.45. The van der Waals surface area contributed by atoms with Gasteiger partial charge in [-0.3, -0.25) is 4.72 Å². The van der Waals surface area contributed by atoms with Crippen LogP contribution in [0.3, 0.4) is 0 Å². The molecule has 0 amide bonds. The Labute approximate surface area is 247 Å². The molecule has 0 bridgehead atoms. The van der Waals surface area contributed by atoms with Crippen LogP contribution < -0.4 is 20.1 Å². The summed E-state index contributed by atoms with van der Waals surface area (Å²) in [5, 5.41) is 5.74. The fourth-order valence-corrected chi connectivity index (χ4v) is 5.01. The Morgan fingerprint density at radius 1 is 1.05 bits per heavy atom. The SMILES string of the molecule is CNc1nccc(-c2cccnc2Oc2cc(F)c(NS(=O)Cc3ccc(C)cc3F)c(F)c2F)n1.FC1CCCNC1. The maximum atomic E-state index is 14.8. The zero-order valence-electron chi connectivity index (χ0n) is 23.3. The molecule has 2 unspecified atom stereocenters. The second-order valence-corrected chi connectivity index (χ2v) is 10.6. The lowest BCUT2D eigenvalue weighted by Gasteiger charge is -2.14. The molecule has 3 N–H and O–H groups in total. The standard InChI is InChI=1S/C24H19F4N5O2S.C5H10FN/c1-13-5-6-14(16(25)10-13)12-36(34)33-22-17(26)11-19(20(27)21(22)28)35-23-15(4-3-8-30-23)18-7-9-31-24(29-2)32-18;6-5-2-1-3-7-4-5/h3-11,33H,12H2,1-2H3,(H,29,31,32);5,7H,1-4H2. The van der Waals surface area contributed by atoms with Crippen LogP contribution in [0.1, 0.15) is 24.0 Å². The van der Waals surface area contributed by atoms with Crippen molar-refractivity contribution in [1.82, 2.24) is 20.3 Å². The largest absolute Gasteiger partial charge is 0.435 e. The minimum Gasteiger partial charge on any atom is -0.435 e. The molecule has 4 aromatic rings. The second-order valence-electron chi connectivity index (χ2n) is 9.46. The lowest BCUT2D eigenvalue weighted by Crippen LogP contribution is -2.30. The summed E-state index contributed by atoms with van der Waals surface area (Å²) < 4.78 is 90.4. The monoisotopic (exact) mass is 620 g/mol. The third-order valence-corrected chi connectivity index (χ3v) is 7.21. The molecule has 228 valence electrons. The number of nitrogens with zero attached hydrogens (tertiary/aromatic N) is 3. The Balaban J connectivity index is 0.000000530. The molecule has 1 aliphatic rings. The van der Waals surface area contributed by atoms with Gasteiger partial charge in [-0.25, -0.2) is 36.7 Å². The van der Waals surface area contributed by atoms with Crippen molar-refractivity contribution in [2.24, 2.45) is 0 Å². The van der Waals surface area contributed by atoms with E-state index in [2.05, 4.69) is 30.3 Å². The molecule has 1 fully saturated rings. The van der Waals surface area contributed by atoms with Gasteiger partial charge in [-0.2, -0.15) is 4.39 Å². The van der Waals surface area contributed by atoms with E-state index in [1.807, 2.05) is 0 Å². The van der Waals surface area contributed by atoms with Crippen LogP contribution in [0.5, 0.6) is 11.6 Å². The van der Waals surface area contributed by atoms with Crippen molar-refractivity contribution in [2.75, 3.05) is 30.2 Å². The minimum absolute atomic E-state index is 0.0708. The van der Waals surface area contributed by atoms with Crippen LogP contribution in [0, 0.1) is 30.2 Å². The molecule has 0 aliphatic carbocycles. The predicted octanol–water partition coefficient (Wildman–Crippen LogP) is 6.22. The van der Waals surface area contributed by atoms with Gasteiger partial charge in [0.1, 0.15) is 28.7 Å². The smallest absolute Gasteiger partial charge is 0.228 e. The summed E-state index contributed by atoms with van der Waals surface area (Å²) in [7, 11) is -0.528. The van der Waals surface area contributed by atoms with Crippen LogP contribution in [0.25, 0.3) is 11.3 Å². The van der Waals surface area contributed by atoms with E-state index in [1.165, 1.54) is 24.5 Å². The first-order valence-corrected chi connectivity index (χ1v) is 14.5. The molecule has 43 heavy (non-hydrogen) atoms. The summed E-state index contributed by atoms with van der Waals surface area (Å²) in [6.45, 7) is 3.25. The fourth-order valence-electron chi connectivity index (χ4n) is 4.01. The van der Waals surface area contributed by atoms with Crippen molar-refractivity contribution >= 4 is 22.6 Å². The van der Waals surface area contributed by atoms with Gasteiger partial charge in [-0.05, 0) is 56.1 Å². The number of halogens is 5. The van der Waals surface area contributed by atoms with Gasteiger partial charge in [0.05, 0.1) is 17.0 Å². The van der Waals surface area contributed by atoms with E-state index in [9.17, 15) is 26.2 Å². The van der Waals surface area contributed by atoms with Gasteiger partial charge in [0.2, 0.25) is 17.6 Å². The number of alkyl halides is 1. The van der Waals surface area contributed by atoms with Crippen molar-refractivity contribution in [2.45, 2.75) is 31.7 Å².